The molecule has 0 aliphatic heterocycles. The fourth-order valence-electron chi connectivity index (χ4n) is 1.02. The Hall–Kier alpha value is -0.490. The van der Waals surface area contributed by atoms with E-state index in [0.717, 1.165) is 0 Å². The van der Waals surface area contributed by atoms with E-state index in [1.807, 2.05) is 0 Å². The molecule has 0 aromatic rings. The molecule has 3 nitrogen and oxygen atoms in total. The highest BCUT2D eigenvalue weighted by molar-refractivity contribution is 5.85. The van der Waals surface area contributed by atoms with Crippen LogP contribution >= 0.6 is 12.4 Å². The van der Waals surface area contributed by atoms with Gasteiger partial charge >= 0.3 is 12.1 Å². The molecule has 0 amide bonds. The Labute approximate surface area is 92.8 Å². The van der Waals surface area contributed by atoms with Crippen molar-refractivity contribution in [2.24, 2.45) is 5.92 Å². The van der Waals surface area contributed by atoms with Crippen LogP contribution in [0, 0.1) is 5.92 Å². The van der Waals surface area contributed by atoms with E-state index in [1.54, 1.807) is 6.92 Å². The molecule has 1 atom stereocenters. The molecule has 15 heavy (non-hydrogen) atoms. The maximum absolute atomic E-state index is 12.0. The van der Waals surface area contributed by atoms with Crippen molar-refractivity contribution in [3.05, 3.63) is 0 Å². The smallest absolute Gasteiger partial charge is 0.390 e. The first kappa shape index (κ1) is 16.9. The van der Waals surface area contributed by atoms with E-state index < -0.39 is 24.5 Å². The van der Waals surface area contributed by atoms with Crippen LogP contribution in [0.1, 0.15) is 13.3 Å². The minimum atomic E-state index is -4.34. The van der Waals surface area contributed by atoms with Crippen LogP contribution < -0.4 is 5.32 Å². The average molecular weight is 250 g/mol. The van der Waals surface area contributed by atoms with Gasteiger partial charge in [0.25, 0.3) is 0 Å². The molecule has 1 unspecified atom stereocenters. The number of carbonyl (C=O) groups is 1. The van der Waals surface area contributed by atoms with Crippen molar-refractivity contribution in [2.45, 2.75) is 19.5 Å². The third-order valence-corrected chi connectivity index (χ3v) is 1.55. The highest BCUT2D eigenvalue weighted by atomic mass is 35.5. The Kier molecular flexibility index (Phi) is 8.75. The third-order valence-electron chi connectivity index (χ3n) is 1.55. The molecule has 0 aromatic carbocycles. The molecule has 0 aliphatic carbocycles. The molecule has 0 saturated carbocycles. The zero-order chi connectivity index (χ0) is 11.2. The first-order chi connectivity index (χ1) is 6.40. The number of nitrogens with one attached hydrogen (secondary N) is 1. The lowest BCUT2D eigenvalue weighted by Gasteiger charge is -2.16. The monoisotopic (exact) mass is 249 g/mol. The number of hydrogen-bond donors (Lipinski definition) is 1. The summed E-state index contributed by atoms with van der Waals surface area (Å²) in [6.45, 7) is 1.62. The molecule has 92 valence electrons. The number of carbonyl (C=O) groups excluding carboxylic acids is 1. The third kappa shape index (κ3) is 8.50. The minimum Gasteiger partial charge on any atom is -0.466 e. The second-order valence-corrected chi connectivity index (χ2v) is 2.83. The molecule has 0 saturated heterocycles. The van der Waals surface area contributed by atoms with Crippen molar-refractivity contribution in [2.75, 3.05) is 20.2 Å². The van der Waals surface area contributed by atoms with Crippen LogP contribution in [0.3, 0.4) is 0 Å². The second-order valence-electron chi connectivity index (χ2n) is 2.83. The van der Waals surface area contributed by atoms with Crippen molar-refractivity contribution in [3.8, 4) is 0 Å². The van der Waals surface area contributed by atoms with Gasteiger partial charge in [-0.3, -0.25) is 4.79 Å². The molecule has 0 heterocycles. The number of hydrogen-bond acceptors (Lipinski definition) is 3. The van der Waals surface area contributed by atoms with Gasteiger partial charge in [0.2, 0.25) is 0 Å². The zero-order valence-electron chi connectivity index (χ0n) is 8.56. The first-order valence-corrected chi connectivity index (χ1v) is 4.28. The van der Waals surface area contributed by atoms with E-state index >= 15 is 0 Å². The first-order valence-electron chi connectivity index (χ1n) is 4.28. The Bertz CT molecular complexity index is 187. The fourth-order valence-corrected chi connectivity index (χ4v) is 1.02. The van der Waals surface area contributed by atoms with Crippen LogP contribution in [-0.2, 0) is 9.53 Å². The van der Waals surface area contributed by atoms with Crippen LogP contribution in [0.25, 0.3) is 0 Å². The summed E-state index contributed by atoms with van der Waals surface area (Å²) in [7, 11) is 1.49. The van der Waals surface area contributed by atoms with Gasteiger partial charge in [-0.2, -0.15) is 13.2 Å². The van der Waals surface area contributed by atoms with Gasteiger partial charge in [0.05, 0.1) is 18.9 Å². The molecule has 0 radical (unpaired) electrons. The maximum atomic E-state index is 12.0. The Balaban J connectivity index is 0. The Morgan fingerprint density at radius 1 is 1.47 bits per heavy atom. The van der Waals surface area contributed by atoms with Gasteiger partial charge in [-0.25, -0.2) is 0 Å². The SMILES string of the molecule is CCOC(=O)C(CNC)CC(F)(F)F.Cl. The van der Waals surface area contributed by atoms with Gasteiger partial charge in [0.1, 0.15) is 0 Å². The molecule has 0 fully saturated rings. The molecule has 7 heteroatoms. The Morgan fingerprint density at radius 2 is 2.00 bits per heavy atom. The van der Waals surface area contributed by atoms with Gasteiger partial charge in [-0.1, -0.05) is 0 Å². The lowest BCUT2D eigenvalue weighted by Crippen LogP contribution is -2.32. The van der Waals surface area contributed by atoms with Gasteiger partial charge in [0.15, 0.2) is 0 Å². The number of rotatable bonds is 5. The molecular formula is C8H15ClF3NO2. The summed E-state index contributed by atoms with van der Waals surface area (Å²) in [5.41, 5.74) is 0. The topological polar surface area (TPSA) is 38.3 Å². The van der Waals surface area contributed by atoms with Crippen molar-refractivity contribution < 1.29 is 22.7 Å². The van der Waals surface area contributed by atoms with Crippen molar-refractivity contribution in [1.82, 2.24) is 5.32 Å². The molecule has 0 rings (SSSR count). The highest BCUT2D eigenvalue weighted by Gasteiger charge is 2.35. The zero-order valence-corrected chi connectivity index (χ0v) is 9.37. The number of ether oxygens (including phenoxy) is 1. The summed E-state index contributed by atoms with van der Waals surface area (Å²) in [6, 6.07) is 0. The minimum absolute atomic E-state index is 0. The van der Waals surface area contributed by atoms with E-state index in [2.05, 4.69) is 10.1 Å². The molecule has 0 aliphatic rings. The van der Waals surface area contributed by atoms with Gasteiger partial charge in [-0.15, -0.1) is 12.4 Å². The predicted octanol–water partition coefficient (Wildman–Crippen LogP) is 1.76. The van der Waals surface area contributed by atoms with Crippen LogP contribution in [0.2, 0.25) is 0 Å². The molecule has 0 bridgehead atoms. The lowest BCUT2D eigenvalue weighted by molar-refractivity contribution is -0.167. The molecule has 1 N–H and O–H groups in total. The summed E-state index contributed by atoms with van der Waals surface area (Å²) < 4.78 is 40.5. The summed E-state index contributed by atoms with van der Waals surface area (Å²) in [4.78, 5) is 11.0. The van der Waals surface area contributed by atoms with Crippen molar-refractivity contribution in [1.29, 1.82) is 0 Å². The van der Waals surface area contributed by atoms with Gasteiger partial charge < -0.3 is 10.1 Å². The van der Waals surface area contributed by atoms with E-state index in [9.17, 15) is 18.0 Å². The van der Waals surface area contributed by atoms with Crippen molar-refractivity contribution in [3.63, 3.8) is 0 Å². The Morgan fingerprint density at radius 3 is 2.33 bits per heavy atom. The predicted molar refractivity (Wildman–Crippen MR) is 52.0 cm³/mol. The number of alkyl halides is 3. The summed E-state index contributed by atoms with van der Waals surface area (Å²) in [5, 5.41) is 2.53. The summed E-state index contributed by atoms with van der Waals surface area (Å²) in [6.07, 6.45) is -5.49. The molecule has 0 aromatic heterocycles. The fraction of sp³-hybridized carbons (Fsp3) is 0.875. The van der Waals surface area contributed by atoms with Crippen LogP contribution in [0.15, 0.2) is 0 Å². The van der Waals surface area contributed by atoms with Crippen molar-refractivity contribution >= 4 is 18.4 Å². The maximum Gasteiger partial charge on any atom is 0.390 e. The van der Waals surface area contributed by atoms with Crippen LogP contribution in [-0.4, -0.2) is 32.3 Å². The summed E-state index contributed by atoms with van der Waals surface area (Å²) >= 11 is 0. The largest absolute Gasteiger partial charge is 0.466 e. The van der Waals surface area contributed by atoms with E-state index in [4.69, 9.17) is 0 Å². The summed E-state index contributed by atoms with van der Waals surface area (Å²) in [5.74, 6) is -1.96. The quantitative estimate of drug-likeness (QED) is 0.755. The van der Waals surface area contributed by atoms with Gasteiger partial charge in [-0.05, 0) is 14.0 Å². The van der Waals surface area contributed by atoms with E-state index in [1.165, 1.54) is 7.05 Å². The molecular weight excluding hydrogens is 235 g/mol. The lowest BCUT2D eigenvalue weighted by atomic mass is 10.1. The number of esters is 1. The van der Waals surface area contributed by atoms with Crippen LogP contribution in [0.5, 0.6) is 0 Å². The standard InChI is InChI=1S/C8H14F3NO2.ClH/c1-3-14-7(13)6(5-12-2)4-8(9,10)11;/h6,12H,3-5H2,1-2H3;1H. The highest BCUT2D eigenvalue weighted by Crippen LogP contribution is 2.25. The normalized spacial score (nSPS) is 12.9. The van der Waals surface area contributed by atoms with Crippen LogP contribution in [0.4, 0.5) is 13.2 Å². The molecule has 0 spiro atoms. The number of halogens is 4. The van der Waals surface area contributed by atoms with E-state index in [-0.39, 0.29) is 25.6 Å². The van der Waals surface area contributed by atoms with E-state index in [0.29, 0.717) is 0 Å². The second kappa shape index (κ2) is 7.76. The average Bonchev–Trinajstić information content (AvgIpc) is 2.01. The van der Waals surface area contributed by atoms with Gasteiger partial charge in [0, 0.05) is 6.54 Å².